The van der Waals surface area contributed by atoms with Crippen molar-refractivity contribution < 1.29 is 9.53 Å². The van der Waals surface area contributed by atoms with E-state index in [0.717, 1.165) is 0 Å². The topological polar surface area (TPSA) is 53.6 Å². The van der Waals surface area contributed by atoms with Crippen LogP contribution in [0.15, 0.2) is 0 Å². The fourth-order valence-electron chi connectivity index (χ4n) is 0.952. The highest BCUT2D eigenvalue weighted by atomic mass is 16.5. The average Bonchev–Trinajstić information content (AvgIpc) is 2.07. The monoisotopic (exact) mass is 159 g/mol. The van der Waals surface area contributed by atoms with E-state index in [4.69, 9.17) is 4.74 Å². The second-order valence-electron chi connectivity index (χ2n) is 2.28. The van der Waals surface area contributed by atoms with Crippen LogP contribution in [0.4, 0.5) is 4.79 Å². The van der Waals surface area contributed by atoms with Crippen molar-refractivity contribution in [3.05, 3.63) is 0 Å². The minimum absolute atomic E-state index is 0.0872. The third-order valence-electron chi connectivity index (χ3n) is 1.53. The molecule has 0 aromatic carbocycles. The Morgan fingerprint density at radius 3 is 2.64 bits per heavy atom. The van der Waals surface area contributed by atoms with E-state index >= 15 is 0 Å². The Hall–Kier alpha value is -0.810. The largest absolute Gasteiger partial charge is 0.378 e. The van der Waals surface area contributed by atoms with Gasteiger partial charge in [0.15, 0.2) is 0 Å². The van der Waals surface area contributed by atoms with E-state index in [1.54, 1.807) is 11.9 Å². The van der Waals surface area contributed by atoms with Gasteiger partial charge in [-0.3, -0.25) is 5.43 Å². The zero-order valence-corrected chi connectivity index (χ0v) is 6.59. The second-order valence-corrected chi connectivity index (χ2v) is 2.28. The number of hydrogen-bond acceptors (Lipinski definition) is 3. The minimum atomic E-state index is -0.0872. The normalized spacial score (nSPS) is 18.1. The Morgan fingerprint density at radius 2 is 2.09 bits per heavy atom. The molecule has 1 heterocycles. The van der Waals surface area contributed by atoms with Crippen molar-refractivity contribution in [3.63, 3.8) is 0 Å². The summed E-state index contributed by atoms with van der Waals surface area (Å²) in [7, 11) is 1.67. The zero-order chi connectivity index (χ0) is 8.10. The number of nitrogens with one attached hydrogen (secondary N) is 2. The number of morpholine rings is 1. The van der Waals surface area contributed by atoms with Gasteiger partial charge in [0.05, 0.1) is 13.2 Å². The molecule has 0 aliphatic carbocycles. The van der Waals surface area contributed by atoms with Gasteiger partial charge in [0.2, 0.25) is 0 Å². The molecule has 1 aliphatic rings. The van der Waals surface area contributed by atoms with Crippen molar-refractivity contribution in [2.75, 3.05) is 33.4 Å². The number of rotatable bonds is 1. The SMILES string of the molecule is CNNC(=O)N1CCOCC1. The summed E-state index contributed by atoms with van der Waals surface area (Å²) >= 11 is 0. The molecule has 0 bridgehead atoms. The number of hydrazine groups is 1. The van der Waals surface area contributed by atoms with Crippen LogP contribution >= 0.6 is 0 Å². The van der Waals surface area contributed by atoms with Crippen molar-refractivity contribution in [3.8, 4) is 0 Å². The van der Waals surface area contributed by atoms with Crippen molar-refractivity contribution in [2.45, 2.75) is 0 Å². The molecule has 0 saturated carbocycles. The van der Waals surface area contributed by atoms with Crippen LogP contribution in [0.5, 0.6) is 0 Å². The highest BCUT2D eigenvalue weighted by Gasteiger charge is 2.15. The number of carbonyl (C=O) groups is 1. The molecule has 0 atom stereocenters. The Labute approximate surface area is 65.7 Å². The summed E-state index contributed by atoms with van der Waals surface area (Å²) in [6, 6.07) is -0.0872. The molecule has 2 N–H and O–H groups in total. The standard InChI is InChI=1S/C6H13N3O2/c1-7-8-6(10)9-2-4-11-5-3-9/h7H,2-5H2,1H3,(H,8,10). The highest BCUT2D eigenvalue weighted by Crippen LogP contribution is 1.95. The van der Waals surface area contributed by atoms with Gasteiger partial charge in [-0.15, -0.1) is 0 Å². The lowest BCUT2D eigenvalue weighted by atomic mass is 10.4. The lowest BCUT2D eigenvalue weighted by Crippen LogP contribution is -2.49. The van der Waals surface area contributed by atoms with E-state index < -0.39 is 0 Å². The molecule has 0 aromatic heterocycles. The van der Waals surface area contributed by atoms with Gasteiger partial charge in [-0.25, -0.2) is 10.2 Å². The van der Waals surface area contributed by atoms with Gasteiger partial charge in [0.1, 0.15) is 0 Å². The quantitative estimate of drug-likeness (QED) is 0.491. The summed E-state index contributed by atoms with van der Waals surface area (Å²) in [6.45, 7) is 2.62. The molecule has 0 aromatic rings. The zero-order valence-electron chi connectivity index (χ0n) is 6.59. The lowest BCUT2D eigenvalue weighted by molar-refractivity contribution is 0.0525. The Kier molecular flexibility index (Phi) is 3.13. The van der Waals surface area contributed by atoms with Gasteiger partial charge in [-0.05, 0) is 0 Å². The predicted octanol–water partition coefficient (Wildman–Crippen LogP) is -0.837. The molecule has 1 saturated heterocycles. The van der Waals surface area contributed by atoms with Gasteiger partial charge in [-0.2, -0.15) is 0 Å². The van der Waals surface area contributed by atoms with E-state index in [1.165, 1.54) is 0 Å². The third-order valence-corrected chi connectivity index (χ3v) is 1.53. The number of nitrogens with zero attached hydrogens (tertiary/aromatic N) is 1. The summed E-state index contributed by atoms with van der Waals surface area (Å²) in [4.78, 5) is 12.8. The third kappa shape index (κ3) is 2.36. The summed E-state index contributed by atoms with van der Waals surface area (Å²) in [5, 5.41) is 0. The van der Waals surface area contributed by atoms with Crippen LogP contribution in [0.25, 0.3) is 0 Å². The molecule has 0 radical (unpaired) electrons. The fourth-order valence-corrected chi connectivity index (χ4v) is 0.952. The van der Waals surface area contributed by atoms with Crippen LogP contribution < -0.4 is 10.9 Å². The molecule has 0 unspecified atom stereocenters. The van der Waals surface area contributed by atoms with Gasteiger partial charge in [-0.1, -0.05) is 0 Å². The van der Waals surface area contributed by atoms with E-state index in [9.17, 15) is 4.79 Å². The highest BCUT2D eigenvalue weighted by molar-refractivity contribution is 5.73. The van der Waals surface area contributed by atoms with E-state index in [2.05, 4.69) is 10.9 Å². The van der Waals surface area contributed by atoms with Crippen molar-refractivity contribution in [1.29, 1.82) is 0 Å². The van der Waals surface area contributed by atoms with Crippen LogP contribution in [0.2, 0.25) is 0 Å². The molecule has 64 valence electrons. The predicted molar refractivity (Wildman–Crippen MR) is 40.0 cm³/mol. The van der Waals surface area contributed by atoms with Gasteiger partial charge < -0.3 is 9.64 Å². The maximum Gasteiger partial charge on any atom is 0.331 e. The van der Waals surface area contributed by atoms with Crippen LogP contribution in [0, 0.1) is 0 Å². The second kappa shape index (κ2) is 4.15. The fraction of sp³-hybridized carbons (Fsp3) is 0.833. The molecule has 1 fully saturated rings. The number of ether oxygens (including phenoxy) is 1. The Bertz CT molecular complexity index is 134. The number of hydrogen-bond donors (Lipinski definition) is 2. The van der Waals surface area contributed by atoms with Crippen molar-refractivity contribution in [1.82, 2.24) is 15.8 Å². The number of carbonyl (C=O) groups excluding carboxylic acids is 1. The van der Waals surface area contributed by atoms with Gasteiger partial charge in [0, 0.05) is 20.1 Å². The maximum absolute atomic E-state index is 11.1. The first-order valence-electron chi connectivity index (χ1n) is 3.64. The smallest absolute Gasteiger partial charge is 0.331 e. The molecule has 1 aliphatic heterocycles. The molecule has 5 nitrogen and oxygen atoms in total. The number of urea groups is 1. The molecule has 5 heteroatoms. The molecule has 0 spiro atoms. The van der Waals surface area contributed by atoms with E-state index in [1.807, 2.05) is 0 Å². The summed E-state index contributed by atoms with van der Waals surface area (Å²) < 4.78 is 5.09. The summed E-state index contributed by atoms with van der Waals surface area (Å²) in [5.41, 5.74) is 5.08. The van der Waals surface area contributed by atoms with Crippen LogP contribution in [0.1, 0.15) is 0 Å². The maximum atomic E-state index is 11.1. The molecule has 2 amide bonds. The van der Waals surface area contributed by atoms with Crippen LogP contribution in [0.3, 0.4) is 0 Å². The summed E-state index contributed by atoms with van der Waals surface area (Å²) in [5.74, 6) is 0. The molecular formula is C6H13N3O2. The van der Waals surface area contributed by atoms with Gasteiger partial charge >= 0.3 is 6.03 Å². The van der Waals surface area contributed by atoms with Gasteiger partial charge in [0.25, 0.3) is 0 Å². The summed E-state index contributed by atoms with van der Waals surface area (Å²) in [6.07, 6.45) is 0. The van der Waals surface area contributed by atoms with E-state index in [-0.39, 0.29) is 6.03 Å². The minimum Gasteiger partial charge on any atom is -0.378 e. The first-order valence-corrected chi connectivity index (χ1v) is 3.64. The average molecular weight is 159 g/mol. The molecule has 11 heavy (non-hydrogen) atoms. The van der Waals surface area contributed by atoms with Crippen molar-refractivity contribution >= 4 is 6.03 Å². The molecular weight excluding hydrogens is 146 g/mol. The van der Waals surface area contributed by atoms with Crippen LogP contribution in [-0.4, -0.2) is 44.3 Å². The Morgan fingerprint density at radius 1 is 1.45 bits per heavy atom. The first kappa shape index (κ1) is 8.29. The van der Waals surface area contributed by atoms with Crippen LogP contribution in [-0.2, 0) is 4.74 Å². The first-order chi connectivity index (χ1) is 5.34. The number of amides is 2. The van der Waals surface area contributed by atoms with Crippen molar-refractivity contribution in [2.24, 2.45) is 0 Å². The Balaban J connectivity index is 2.27. The lowest BCUT2D eigenvalue weighted by Gasteiger charge is -2.26. The molecule has 1 rings (SSSR count). The van der Waals surface area contributed by atoms with E-state index in [0.29, 0.717) is 26.3 Å².